The second kappa shape index (κ2) is 7.28. The second-order valence-electron chi connectivity index (χ2n) is 7.16. The van der Waals surface area contributed by atoms with Crippen molar-refractivity contribution in [2.45, 2.75) is 72.8 Å². The first-order valence-corrected chi connectivity index (χ1v) is 9.49. The Balaban J connectivity index is 1.92. The maximum atomic E-state index is 6.28. The van der Waals surface area contributed by atoms with Crippen LogP contribution in [0.5, 0.6) is 0 Å². The van der Waals surface area contributed by atoms with Gasteiger partial charge in [-0.25, -0.2) is 0 Å². The molecule has 1 aliphatic heterocycles. The van der Waals surface area contributed by atoms with Crippen LogP contribution in [-0.4, -0.2) is 19.3 Å². The topological polar surface area (TPSA) is 39.7 Å². The van der Waals surface area contributed by atoms with Crippen molar-refractivity contribution >= 4 is 0 Å². The summed E-state index contributed by atoms with van der Waals surface area (Å²) >= 11 is 0. The number of nitrogens with one attached hydrogen (secondary N) is 1. The van der Waals surface area contributed by atoms with E-state index in [1.54, 1.807) is 0 Å². The molecule has 0 bridgehead atoms. The molecule has 1 N–H and O–H groups in total. The molecule has 0 saturated carbocycles. The summed E-state index contributed by atoms with van der Waals surface area (Å²) in [7, 11) is 0. The van der Waals surface area contributed by atoms with E-state index >= 15 is 0 Å². The summed E-state index contributed by atoms with van der Waals surface area (Å²) in [4.78, 5) is 5.33. The highest BCUT2D eigenvalue weighted by atomic mass is 16.7. The molecule has 1 fully saturated rings. The molecule has 1 heterocycles. The predicted molar refractivity (Wildman–Crippen MR) is 99.4 cm³/mol. The van der Waals surface area contributed by atoms with Crippen molar-refractivity contribution in [1.29, 1.82) is 0 Å². The average molecular weight is 345 g/mol. The zero-order valence-electron chi connectivity index (χ0n) is 16.4. The molecule has 1 saturated heterocycles. The summed E-state index contributed by atoms with van der Waals surface area (Å²) in [6.45, 7) is 14.3. The maximum absolute atomic E-state index is 6.28. The number of allylic oxidation sites excluding steroid dienone is 1. The summed E-state index contributed by atoms with van der Waals surface area (Å²) in [5.74, 6) is 0.926. The molecule has 0 spiro atoms. The lowest BCUT2D eigenvalue weighted by molar-refractivity contribution is -0.0927. The van der Waals surface area contributed by atoms with Gasteiger partial charge in [-0.15, -0.1) is 0 Å². The minimum atomic E-state index is 0.182. The standard InChI is InChI=1S/C21H31NO3/c1-7-18(22-24-8-2)21-23-11-17-19(25-21)10-9-16-14(5)12(3)13(4)15(6)20(16)17/h17,19,22H,7-11H2,1-6H3. The van der Waals surface area contributed by atoms with Gasteiger partial charge in [0.05, 0.1) is 12.5 Å². The Morgan fingerprint density at radius 1 is 1.08 bits per heavy atom. The molecule has 1 aliphatic carbocycles. The molecule has 1 aromatic rings. The smallest absolute Gasteiger partial charge is 0.301 e. The van der Waals surface area contributed by atoms with Crippen LogP contribution in [0.1, 0.15) is 66.0 Å². The Morgan fingerprint density at radius 2 is 1.80 bits per heavy atom. The number of ether oxygens (including phenoxy) is 2. The van der Waals surface area contributed by atoms with E-state index < -0.39 is 0 Å². The Morgan fingerprint density at radius 3 is 2.48 bits per heavy atom. The van der Waals surface area contributed by atoms with Gasteiger partial charge in [0.2, 0.25) is 0 Å². The summed E-state index contributed by atoms with van der Waals surface area (Å²) in [6, 6.07) is 0. The SMILES string of the molecule is CCONC(CC)=C1OCC2c3c(C)c(C)c(C)c(C)c3CCC2O1. The van der Waals surface area contributed by atoms with Gasteiger partial charge in [0.25, 0.3) is 0 Å². The minimum Gasteiger partial charge on any atom is -0.463 e. The van der Waals surface area contributed by atoms with Crippen LogP contribution in [0, 0.1) is 27.7 Å². The molecule has 2 unspecified atom stereocenters. The van der Waals surface area contributed by atoms with E-state index in [1.165, 1.54) is 33.4 Å². The molecule has 4 nitrogen and oxygen atoms in total. The van der Waals surface area contributed by atoms with E-state index in [0.717, 1.165) is 25.0 Å². The third-order valence-corrected chi connectivity index (χ3v) is 5.96. The van der Waals surface area contributed by atoms with Gasteiger partial charge in [-0.3, -0.25) is 10.3 Å². The highest BCUT2D eigenvalue weighted by Gasteiger charge is 2.39. The lowest BCUT2D eigenvalue weighted by atomic mass is 9.74. The minimum absolute atomic E-state index is 0.182. The molecule has 138 valence electrons. The largest absolute Gasteiger partial charge is 0.463 e. The Kier molecular flexibility index (Phi) is 5.28. The summed E-state index contributed by atoms with van der Waals surface area (Å²) in [5, 5.41) is 0. The van der Waals surface area contributed by atoms with Crippen LogP contribution >= 0.6 is 0 Å². The number of hydroxylamine groups is 1. The fourth-order valence-electron chi connectivity index (χ4n) is 4.16. The normalized spacial score (nSPS) is 23.9. The van der Waals surface area contributed by atoms with Crippen LogP contribution in [-0.2, 0) is 20.7 Å². The lowest BCUT2D eigenvalue weighted by Gasteiger charge is -2.40. The first kappa shape index (κ1) is 18.1. The third-order valence-electron chi connectivity index (χ3n) is 5.96. The van der Waals surface area contributed by atoms with Crippen LogP contribution in [0.15, 0.2) is 11.6 Å². The van der Waals surface area contributed by atoms with Crippen molar-refractivity contribution in [3.63, 3.8) is 0 Å². The first-order valence-electron chi connectivity index (χ1n) is 9.49. The highest BCUT2D eigenvalue weighted by molar-refractivity contribution is 5.53. The van der Waals surface area contributed by atoms with Crippen molar-refractivity contribution < 1.29 is 14.3 Å². The van der Waals surface area contributed by atoms with Crippen molar-refractivity contribution in [1.82, 2.24) is 5.48 Å². The van der Waals surface area contributed by atoms with Gasteiger partial charge in [0.1, 0.15) is 18.4 Å². The Hall–Kier alpha value is -1.68. The van der Waals surface area contributed by atoms with Crippen molar-refractivity contribution in [2.24, 2.45) is 0 Å². The number of hydrogen-bond donors (Lipinski definition) is 1. The zero-order valence-corrected chi connectivity index (χ0v) is 16.4. The average Bonchev–Trinajstić information content (AvgIpc) is 2.64. The number of rotatable bonds is 4. The number of benzene rings is 1. The molecule has 2 aliphatic rings. The van der Waals surface area contributed by atoms with Gasteiger partial charge >= 0.3 is 5.95 Å². The molecule has 0 radical (unpaired) electrons. The van der Waals surface area contributed by atoms with Crippen LogP contribution in [0.2, 0.25) is 0 Å². The van der Waals surface area contributed by atoms with E-state index in [2.05, 4.69) is 40.1 Å². The van der Waals surface area contributed by atoms with E-state index in [9.17, 15) is 0 Å². The lowest BCUT2D eigenvalue weighted by Crippen LogP contribution is -2.38. The van der Waals surface area contributed by atoms with Crippen molar-refractivity contribution in [3.8, 4) is 0 Å². The van der Waals surface area contributed by atoms with Crippen molar-refractivity contribution in [3.05, 3.63) is 45.0 Å². The van der Waals surface area contributed by atoms with E-state index in [-0.39, 0.29) is 6.10 Å². The van der Waals surface area contributed by atoms with Crippen LogP contribution < -0.4 is 5.48 Å². The second-order valence-corrected chi connectivity index (χ2v) is 7.16. The van der Waals surface area contributed by atoms with Gasteiger partial charge in [0.15, 0.2) is 0 Å². The summed E-state index contributed by atoms with van der Waals surface area (Å²) < 4.78 is 12.3. The van der Waals surface area contributed by atoms with Crippen molar-refractivity contribution in [2.75, 3.05) is 13.2 Å². The van der Waals surface area contributed by atoms with Gasteiger partial charge in [-0.2, -0.15) is 0 Å². The number of hydrogen-bond acceptors (Lipinski definition) is 4. The van der Waals surface area contributed by atoms with Crippen LogP contribution in [0.3, 0.4) is 0 Å². The molecule has 0 amide bonds. The molecule has 3 rings (SSSR count). The monoisotopic (exact) mass is 345 g/mol. The molecular weight excluding hydrogens is 314 g/mol. The maximum Gasteiger partial charge on any atom is 0.301 e. The van der Waals surface area contributed by atoms with Gasteiger partial charge in [-0.05, 0) is 87.3 Å². The van der Waals surface area contributed by atoms with E-state index in [1.807, 2.05) is 6.92 Å². The van der Waals surface area contributed by atoms with Crippen LogP contribution in [0.25, 0.3) is 0 Å². The molecule has 4 heteroatoms. The van der Waals surface area contributed by atoms with Gasteiger partial charge in [0, 0.05) is 0 Å². The van der Waals surface area contributed by atoms with Crippen LogP contribution in [0.4, 0.5) is 0 Å². The summed E-state index contributed by atoms with van der Waals surface area (Å²) in [5.41, 5.74) is 12.5. The fourth-order valence-corrected chi connectivity index (χ4v) is 4.16. The number of fused-ring (bicyclic) bond motifs is 3. The fraction of sp³-hybridized carbons (Fsp3) is 0.619. The van der Waals surface area contributed by atoms with Gasteiger partial charge < -0.3 is 9.47 Å². The Bertz CT molecular complexity index is 693. The molecule has 0 aromatic heterocycles. The first-order chi connectivity index (χ1) is 12.0. The quantitative estimate of drug-likeness (QED) is 0.817. The third kappa shape index (κ3) is 3.12. The zero-order chi connectivity index (χ0) is 18.1. The molecule has 25 heavy (non-hydrogen) atoms. The van der Waals surface area contributed by atoms with E-state index in [4.69, 9.17) is 14.3 Å². The highest BCUT2D eigenvalue weighted by Crippen LogP contribution is 2.43. The van der Waals surface area contributed by atoms with Gasteiger partial charge in [-0.1, -0.05) is 6.92 Å². The summed E-state index contributed by atoms with van der Waals surface area (Å²) in [6.07, 6.45) is 3.10. The predicted octanol–water partition coefficient (Wildman–Crippen LogP) is 4.49. The van der Waals surface area contributed by atoms with E-state index in [0.29, 0.717) is 25.1 Å². The molecule has 1 aromatic carbocycles. The molecule has 2 atom stereocenters. The molecular formula is C21H31NO3. The Labute approximate surface area is 151 Å².